The Bertz CT molecular complexity index is 895. The zero-order valence-electron chi connectivity index (χ0n) is 15.4. The fourth-order valence-corrected chi connectivity index (χ4v) is 5.92. The molecule has 0 amide bonds. The Labute approximate surface area is 154 Å². The van der Waals surface area contributed by atoms with Crippen molar-refractivity contribution in [3.8, 4) is 0 Å². The minimum atomic E-state index is -3.60. The van der Waals surface area contributed by atoms with Crippen LogP contribution in [-0.2, 0) is 10.0 Å². The Hall–Kier alpha value is -1.67. The molecule has 2 aromatic rings. The normalized spacial score (nSPS) is 25.7. The molecular formula is C18H26N4O3S. The van der Waals surface area contributed by atoms with E-state index in [0.29, 0.717) is 36.0 Å². The van der Waals surface area contributed by atoms with Gasteiger partial charge in [0, 0.05) is 26.2 Å². The van der Waals surface area contributed by atoms with Crippen LogP contribution in [0.5, 0.6) is 0 Å². The third-order valence-electron chi connectivity index (χ3n) is 5.59. The van der Waals surface area contributed by atoms with E-state index in [-0.39, 0.29) is 4.90 Å². The Morgan fingerprint density at radius 3 is 2.42 bits per heavy atom. The number of rotatable bonds is 3. The highest BCUT2D eigenvalue weighted by molar-refractivity contribution is 7.89. The van der Waals surface area contributed by atoms with E-state index in [1.165, 1.54) is 6.42 Å². The standard InChI is InChI=1S/C18H26N4O3S/c1-13-5-3-9-21(11-13)15-7-8-16(18-17(15)19-25-20-18)26(23,24)22-10-4-6-14(2)12-22/h7-8,13-14H,3-6,9-12H2,1-2H3. The van der Waals surface area contributed by atoms with Crippen LogP contribution >= 0.6 is 0 Å². The van der Waals surface area contributed by atoms with Crippen LogP contribution in [0.25, 0.3) is 11.0 Å². The fourth-order valence-electron chi connectivity index (χ4n) is 4.21. The number of piperidine rings is 2. The molecule has 2 aliphatic rings. The Balaban J connectivity index is 1.73. The maximum atomic E-state index is 13.2. The van der Waals surface area contributed by atoms with Crippen LogP contribution in [0.4, 0.5) is 5.69 Å². The number of sulfonamides is 1. The third kappa shape index (κ3) is 3.09. The molecule has 0 aliphatic carbocycles. The van der Waals surface area contributed by atoms with Gasteiger partial charge in [0.25, 0.3) is 0 Å². The third-order valence-corrected chi connectivity index (χ3v) is 7.49. The van der Waals surface area contributed by atoms with Crippen LogP contribution < -0.4 is 4.90 Å². The lowest BCUT2D eigenvalue weighted by Crippen LogP contribution is -2.39. The summed E-state index contributed by atoms with van der Waals surface area (Å²) in [5, 5.41) is 8.00. The van der Waals surface area contributed by atoms with Crippen molar-refractivity contribution < 1.29 is 13.0 Å². The molecule has 2 fully saturated rings. The first kappa shape index (κ1) is 17.7. The summed E-state index contributed by atoms with van der Waals surface area (Å²) in [6, 6.07) is 3.54. The minimum absolute atomic E-state index is 0.205. The van der Waals surface area contributed by atoms with Crippen LogP contribution in [0.2, 0.25) is 0 Å². The number of hydrogen-bond acceptors (Lipinski definition) is 6. The van der Waals surface area contributed by atoms with Crippen LogP contribution in [0.1, 0.15) is 39.5 Å². The molecule has 0 bridgehead atoms. The molecule has 0 N–H and O–H groups in total. The molecule has 2 saturated heterocycles. The van der Waals surface area contributed by atoms with E-state index in [1.807, 2.05) is 6.07 Å². The highest BCUT2D eigenvalue weighted by atomic mass is 32.2. The lowest BCUT2D eigenvalue weighted by molar-refractivity contribution is 0.281. The Morgan fingerprint density at radius 2 is 1.69 bits per heavy atom. The van der Waals surface area contributed by atoms with Crippen LogP contribution in [-0.4, -0.2) is 49.2 Å². The van der Waals surface area contributed by atoms with E-state index in [2.05, 4.69) is 29.1 Å². The molecule has 8 heteroatoms. The van der Waals surface area contributed by atoms with Crippen LogP contribution in [0.15, 0.2) is 21.7 Å². The number of anilines is 1. The van der Waals surface area contributed by atoms with Crippen molar-refractivity contribution in [2.24, 2.45) is 11.8 Å². The first-order chi connectivity index (χ1) is 12.5. The van der Waals surface area contributed by atoms with Crippen molar-refractivity contribution in [2.45, 2.75) is 44.4 Å². The molecule has 0 spiro atoms. The number of aromatic nitrogens is 2. The van der Waals surface area contributed by atoms with Gasteiger partial charge in [0.15, 0.2) is 11.0 Å². The minimum Gasteiger partial charge on any atom is -0.369 e. The quantitative estimate of drug-likeness (QED) is 0.817. The second kappa shape index (κ2) is 6.81. The second-order valence-corrected chi connectivity index (χ2v) is 9.75. The average Bonchev–Trinajstić information content (AvgIpc) is 3.10. The van der Waals surface area contributed by atoms with Gasteiger partial charge in [0.1, 0.15) is 4.90 Å². The maximum Gasteiger partial charge on any atom is 0.245 e. The molecule has 0 saturated carbocycles. The molecule has 0 radical (unpaired) electrons. The van der Waals surface area contributed by atoms with E-state index >= 15 is 0 Å². The van der Waals surface area contributed by atoms with Crippen molar-refractivity contribution in [3.63, 3.8) is 0 Å². The van der Waals surface area contributed by atoms with Gasteiger partial charge in [-0.1, -0.05) is 13.8 Å². The first-order valence-electron chi connectivity index (χ1n) is 9.47. The summed E-state index contributed by atoms with van der Waals surface area (Å²) in [6.45, 7) is 7.33. The number of fused-ring (bicyclic) bond motifs is 1. The number of benzene rings is 1. The summed E-state index contributed by atoms with van der Waals surface area (Å²) in [5.41, 5.74) is 1.81. The molecular weight excluding hydrogens is 352 g/mol. The molecule has 142 valence electrons. The average molecular weight is 378 g/mol. The van der Waals surface area contributed by atoms with Gasteiger partial charge in [-0.25, -0.2) is 13.0 Å². The van der Waals surface area contributed by atoms with Crippen molar-refractivity contribution in [1.29, 1.82) is 0 Å². The molecule has 4 rings (SSSR count). The molecule has 2 atom stereocenters. The van der Waals surface area contributed by atoms with E-state index in [0.717, 1.165) is 38.0 Å². The fraction of sp³-hybridized carbons (Fsp3) is 0.667. The van der Waals surface area contributed by atoms with E-state index in [9.17, 15) is 8.42 Å². The smallest absolute Gasteiger partial charge is 0.245 e. The predicted molar refractivity (Wildman–Crippen MR) is 99.6 cm³/mol. The van der Waals surface area contributed by atoms with Gasteiger partial charge in [-0.3, -0.25) is 0 Å². The van der Waals surface area contributed by atoms with Gasteiger partial charge in [-0.05, 0) is 60.0 Å². The highest BCUT2D eigenvalue weighted by Crippen LogP contribution is 2.34. The predicted octanol–water partition coefficient (Wildman–Crippen LogP) is 2.88. The highest BCUT2D eigenvalue weighted by Gasteiger charge is 2.32. The van der Waals surface area contributed by atoms with E-state index < -0.39 is 10.0 Å². The number of nitrogens with zero attached hydrogens (tertiary/aromatic N) is 4. The van der Waals surface area contributed by atoms with Crippen molar-refractivity contribution in [2.75, 3.05) is 31.1 Å². The Morgan fingerprint density at radius 1 is 1.00 bits per heavy atom. The molecule has 1 aromatic heterocycles. The van der Waals surface area contributed by atoms with Gasteiger partial charge in [-0.2, -0.15) is 4.31 Å². The van der Waals surface area contributed by atoms with Gasteiger partial charge in [-0.15, -0.1) is 0 Å². The summed E-state index contributed by atoms with van der Waals surface area (Å²) in [4.78, 5) is 2.47. The number of hydrogen-bond donors (Lipinski definition) is 0. The SMILES string of the molecule is CC1CCCN(c2ccc(S(=O)(=O)N3CCCC(C)C3)c3nonc23)C1. The van der Waals surface area contributed by atoms with Gasteiger partial charge >= 0.3 is 0 Å². The molecule has 26 heavy (non-hydrogen) atoms. The van der Waals surface area contributed by atoms with Crippen LogP contribution in [0.3, 0.4) is 0 Å². The summed E-state index contributed by atoms with van der Waals surface area (Å²) < 4.78 is 32.9. The van der Waals surface area contributed by atoms with Gasteiger partial charge in [0.05, 0.1) is 5.69 Å². The van der Waals surface area contributed by atoms with Crippen molar-refractivity contribution in [3.05, 3.63) is 12.1 Å². The van der Waals surface area contributed by atoms with Crippen LogP contribution in [0, 0.1) is 11.8 Å². The second-order valence-electron chi connectivity index (χ2n) is 7.85. The lowest BCUT2D eigenvalue weighted by Gasteiger charge is -2.33. The van der Waals surface area contributed by atoms with Crippen molar-refractivity contribution >= 4 is 26.7 Å². The summed E-state index contributed by atoms with van der Waals surface area (Å²) in [6.07, 6.45) is 4.30. The zero-order chi connectivity index (χ0) is 18.3. The summed E-state index contributed by atoms with van der Waals surface area (Å²) in [5.74, 6) is 0.982. The van der Waals surface area contributed by atoms with Gasteiger partial charge < -0.3 is 4.90 Å². The largest absolute Gasteiger partial charge is 0.369 e. The van der Waals surface area contributed by atoms with E-state index in [1.54, 1.807) is 10.4 Å². The first-order valence-corrected chi connectivity index (χ1v) is 10.9. The van der Waals surface area contributed by atoms with Crippen molar-refractivity contribution in [1.82, 2.24) is 14.6 Å². The monoisotopic (exact) mass is 378 g/mol. The summed E-state index contributed by atoms with van der Waals surface area (Å²) in [7, 11) is -3.60. The van der Waals surface area contributed by atoms with Gasteiger partial charge in [0.2, 0.25) is 10.0 Å². The molecule has 2 unspecified atom stereocenters. The molecule has 1 aromatic carbocycles. The van der Waals surface area contributed by atoms with E-state index in [4.69, 9.17) is 4.63 Å². The Kier molecular flexibility index (Phi) is 4.64. The topological polar surface area (TPSA) is 79.5 Å². The molecule has 7 nitrogen and oxygen atoms in total. The molecule has 2 aliphatic heterocycles. The lowest BCUT2D eigenvalue weighted by atomic mass is 9.99. The zero-order valence-corrected chi connectivity index (χ0v) is 16.2. The summed E-state index contributed by atoms with van der Waals surface area (Å²) >= 11 is 0. The maximum absolute atomic E-state index is 13.2. The molecule has 3 heterocycles.